The topological polar surface area (TPSA) is 82.6 Å². The van der Waals surface area contributed by atoms with Gasteiger partial charge in [0.15, 0.2) is 11.5 Å². The number of hydrogen-bond acceptors (Lipinski definition) is 7. The van der Waals surface area contributed by atoms with Crippen LogP contribution in [0.5, 0.6) is 23.1 Å². The molecule has 0 saturated heterocycles. The third kappa shape index (κ3) is 4.15. The Morgan fingerprint density at radius 1 is 0.968 bits per heavy atom. The molecule has 2 aromatic carbocycles. The Kier molecular flexibility index (Phi) is 5.73. The Morgan fingerprint density at radius 3 is 2.42 bits per heavy atom. The van der Waals surface area contributed by atoms with Crippen molar-refractivity contribution in [2.45, 2.75) is 13.8 Å². The molecule has 1 amide bonds. The molecule has 4 rings (SSSR count). The van der Waals surface area contributed by atoms with Gasteiger partial charge >= 0.3 is 0 Å². The summed E-state index contributed by atoms with van der Waals surface area (Å²) in [5.74, 6) is 1.95. The molecule has 0 atom stereocenters. The van der Waals surface area contributed by atoms with E-state index in [4.69, 9.17) is 14.2 Å². The van der Waals surface area contributed by atoms with Crippen molar-refractivity contribution < 1.29 is 19.0 Å². The fraction of sp³-hybridized carbons (Fsp3) is 0.174. The Balaban J connectivity index is 1.50. The molecule has 0 saturated carbocycles. The normalized spacial score (nSPS) is 10.7. The van der Waals surface area contributed by atoms with E-state index in [0.29, 0.717) is 34.4 Å². The van der Waals surface area contributed by atoms with Gasteiger partial charge in [0.1, 0.15) is 16.9 Å². The van der Waals surface area contributed by atoms with Crippen molar-refractivity contribution in [3.8, 4) is 23.1 Å². The van der Waals surface area contributed by atoms with Crippen LogP contribution in [0.1, 0.15) is 20.8 Å². The van der Waals surface area contributed by atoms with Gasteiger partial charge in [-0.2, -0.15) is 0 Å². The zero-order valence-corrected chi connectivity index (χ0v) is 18.4. The van der Waals surface area contributed by atoms with E-state index < -0.39 is 0 Å². The second-order valence-electron chi connectivity index (χ2n) is 6.79. The Bertz CT molecular complexity index is 1250. The molecular weight excluding hydrogens is 414 g/mol. The van der Waals surface area contributed by atoms with Crippen LogP contribution in [-0.2, 0) is 0 Å². The van der Waals surface area contributed by atoms with Crippen molar-refractivity contribution in [1.29, 1.82) is 0 Å². The largest absolute Gasteiger partial charge is 0.493 e. The molecule has 0 unspecified atom stereocenters. The summed E-state index contributed by atoms with van der Waals surface area (Å²) in [4.78, 5) is 23.3. The fourth-order valence-electron chi connectivity index (χ4n) is 3.13. The number of ether oxygens (including phenoxy) is 3. The van der Waals surface area contributed by atoms with Crippen molar-refractivity contribution in [3.05, 3.63) is 64.8 Å². The van der Waals surface area contributed by atoms with Crippen molar-refractivity contribution in [1.82, 2.24) is 9.97 Å². The number of benzene rings is 2. The van der Waals surface area contributed by atoms with Crippen LogP contribution in [0.2, 0.25) is 0 Å². The number of amides is 1. The number of rotatable bonds is 6. The second kappa shape index (κ2) is 8.61. The third-order valence-corrected chi connectivity index (χ3v) is 6.02. The molecule has 0 aliphatic rings. The lowest BCUT2D eigenvalue weighted by atomic mass is 10.2. The molecule has 31 heavy (non-hydrogen) atoms. The molecule has 1 N–H and O–H groups in total. The lowest BCUT2D eigenvalue weighted by Crippen LogP contribution is -2.12. The average Bonchev–Trinajstić information content (AvgIpc) is 3.08. The van der Waals surface area contributed by atoms with E-state index in [-0.39, 0.29) is 5.91 Å². The molecule has 158 valence electrons. The number of anilines is 1. The van der Waals surface area contributed by atoms with Gasteiger partial charge in [-0.3, -0.25) is 4.79 Å². The summed E-state index contributed by atoms with van der Waals surface area (Å²) in [5, 5.41) is 3.79. The number of nitrogens with one attached hydrogen (secondary N) is 1. The minimum atomic E-state index is -0.253. The quantitative estimate of drug-likeness (QED) is 0.438. The predicted molar refractivity (Wildman–Crippen MR) is 121 cm³/mol. The van der Waals surface area contributed by atoms with Crippen LogP contribution in [0.3, 0.4) is 0 Å². The molecule has 2 heterocycles. The highest BCUT2D eigenvalue weighted by molar-refractivity contribution is 7.18. The highest BCUT2D eigenvalue weighted by Gasteiger charge is 2.14. The molecule has 0 aliphatic carbocycles. The van der Waals surface area contributed by atoms with Crippen LogP contribution in [0, 0.1) is 13.8 Å². The maximum Gasteiger partial charge on any atom is 0.255 e. The van der Waals surface area contributed by atoms with Gasteiger partial charge in [-0.15, -0.1) is 11.3 Å². The van der Waals surface area contributed by atoms with Gasteiger partial charge in [0, 0.05) is 16.1 Å². The number of aryl methyl sites for hydroxylation is 2. The second-order valence-corrected chi connectivity index (χ2v) is 8.00. The number of nitrogens with zero attached hydrogens (tertiary/aromatic N) is 2. The fourth-order valence-corrected chi connectivity index (χ4v) is 4.11. The van der Waals surface area contributed by atoms with Crippen LogP contribution in [0.25, 0.3) is 10.2 Å². The first-order valence-electron chi connectivity index (χ1n) is 9.52. The lowest BCUT2D eigenvalue weighted by Gasteiger charge is -2.11. The molecule has 0 aliphatic heterocycles. The number of carbonyl (C=O) groups is 1. The van der Waals surface area contributed by atoms with Gasteiger partial charge < -0.3 is 19.5 Å². The number of carbonyl (C=O) groups excluding carboxylic acids is 1. The Labute approximate surface area is 183 Å². The number of fused-ring (bicyclic) bond motifs is 1. The Hall–Kier alpha value is -3.65. The van der Waals surface area contributed by atoms with Gasteiger partial charge in [0.05, 0.1) is 19.6 Å². The van der Waals surface area contributed by atoms with E-state index in [1.807, 2.05) is 6.92 Å². The number of thiophene rings is 1. The Morgan fingerprint density at radius 2 is 1.71 bits per heavy atom. The molecule has 0 spiro atoms. The van der Waals surface area contributed by atoms with E-state index in [0.717, 1.165) is 15.8 Å². The van der Waals surface area contributed by atoms with E-state index >= 15 is 0 Å². The molecule has 2 aromatic heterocycles. The molecule has 8 heteroatoms. The van der Waals surface area contributed by atoms with Crippen molar-refractivity contribution >= 4 is 33.1 Å². The van der Waals surface area contributed by atoms with Crippen LogP contribution >= 0.6 is 11.3 Å². The first-order valence-corrected chi connectivity index (χ1v) is 10.3. The monoisotopic (exact) mass is 435 g/mol. The third-order valence-electron chi connectivity index (χ3n) is 4.90. The first-order chi connectivity index (χ1) is 15.0. The summed E-state index contributed by atoms with van der Waals surface area (Å²) in [6, 6.07) is 12.1. The summed E-state index contributed by atoms with van der Waals surface area (Å²) in [7, 11) is 3.08. The first kappa shape index (κ1) is 20.6. The van der Waals surface area contributed by atoms with Gasteiger partial charge in [0.25, 0.3) is 5.91 Å². The van der Waals surface area contributed by atoms with Gasteiger partial charge in [0.2, 0.25) is 5.88 Å². The van der Waals surface area contributed by atoms with Crippen molar-refractivity contribution in [3.63, 3.8) is 0 Å². The van der Waals surface area contributed by atoms with Crippen LogP contribution < -0.4 is 19.5 Å². The molecule has 0 fully saturated rings. The van der Waals surface area contributed by atoms with Crippen LogP contribution in [0.15, 0.2) is 48.8 Å². The summed E-state index contributed by atoms with van der Waals surface area (Å²) < 4.78 is 16.5. The zero-order chi connectivity index (χ0) is 22.0. The van der Waals surface area contributed by atoms with Crippen LogP contribution in [0.4, 0.5) is 5.69 Å². The minimum absolute atomic E-state index is 0.253. The van der Waals surface area contributed by atoms with Gasteiger partial charge in [-0.1, -0.05) is 0 Å². The molecule has 0 bridgehead atoms. The summed E-state index contributed by atoms with van der Waals surface area (Å²) in [6.07, 6.45) is 1.50. The number of methoxy groups -OCH3 is 2. The van der Waals surface area contributed by atoms with Crippen molar-refractivity contribution in [2.24, 2.45) is 0 Å². The SMILES string of the molecule is COc1ccc(C(=O)Nc2ccc(Oc3ncnc4sc(C)c(C)c34)cc2)cc1OC. The maximum atomic E-state index is 12.6. The lowest BCUT2D eigenvalue weighted by molar-refractivity contribution is 0.102. The number of hydrogen-bond donors (Lipinski definition) is 1. The smallest absolute Gasteiger partial charge is 0.255 e. The van der Waals surface area contributed by atoms with E-state index in [1.54, 1.807) is 60.9 Å². The average molecular weight is 436 g/mol. The number of aromatic nitrogens is 2. The van der Waals surface area contributed by atoms with Crippen LogP contribution in [-0.4, -0.2) is 30.1 Å². The van der Waals surface area contributed by atoms with E-state index in [2.05, 4.69) is 22.2 Å². The van der Waals surface area contributed by atoms with Gasteiger partial charge in [-0.25, -0.2) is 9.97 Å². The predicted octanol–water partition coefficient (Wildman–Crippen LogP) is 5.37. The highest BCUT2D eigenvalue weighted by atomic mass is 32.1. The molecular formula is C23H21N3O4S. The van der Waals surface area contributed by atoms with E-state index in [1.165, 1.54) is 18.3 Å². The minimum Gasteiger partial charge on any atom is -0.493 e. The highest BCUT2D eigenvalue weighted by Crippen LogP contribution is 2.36. The zero-order valence-electron chi connectivity index (χ0n) is 17.6. The standard InChI is InChI=1S/C23H21N3O4S/c1-13-14(2)31-23-20(13)22(24-12-25-23)30-17-8-6-16(7-9-17)26-21(27)15-5-10-18(28-3)19(11-15)29-4/h5-12H,1-4H3,(H,26,27). The summed E-state index contributed by atoms with van der Waals surface area (Å²) >= 11 is 1.62. The van der Waals surface area contributed by atoms with Crippen molar-refractivity contribution in [2.75, 3.05) is 19.5 Å². The molecule has 0 radical (unpaired) electrons. The maximum absolute atomic E-state index is 12.6. The van der Waals surface area contributed by atoms with Gasteiger partial charge in [-0.05, 0) is 61.9 Å². The summed E-state index contributed by atoms with van der Waals surface area (Å²) in [5.41, 5.74) is 2.22. The summed E-state index contributed by atoms with van der Waals surface area (Å²) in [6.45, 7) is 4.10. The molecule has 4 aromatic rings. The van der Waals surface area contributed by atoms with E-state index in [9.17, 15) is 4.79 Å². The molecule has 7 nitrogen and oxygen atoms in total.